The molecule has 0 radical (unpaired) electrons. The molecule has 1 N–H and O–H groups in total. The predicted molar refractivity (Wildman–Crippen MR) is 84.8 cm³/mol. The molecular formula is C16H20N2O2S. The average Bonchev–Trinajstić information content (AvgIpc) is 2.48. The minimum atomic E-state index is -3.56. The maximum Gasteiger partial charge on any atom is 0.261 e. The largest absolute Gasteiger partial charge is 0.280 e. The van der Waals surface area contributed by atoms with Gasteiger partial charge in [-0.15, -0.1) is 0 Å². The Labute approximate surface area is 126 Å². The first-order valence-corrected chi connectivity index (χ1v) is 8.37. The number of pyridine rings is 1. The first kappa shape index (κ1) is 15.5. The summed E-state index contributed by atoms with van der Waals surface area (Å²) in [6.45, 7) is 6.41. The number of sulfonamides is 1. The van der Waals surface area contributed by atoms with Gasteiger partial charge in [0.2, 0.25) is 0 Å². The van der Waals surface area contributed by atoms with Gasteiger partial charge in [-0.3, -0.25) is 9.71 Å². The van der Waals surface area contributed by atoms with Gasteiger partial charge in [-0.05, 0) is 41.7 Å². The number of aromatic nitrogens is 1. The smallest absolute Gasteiger partial charge is 0.261 e. The molecular weight excluding hydrogens is 284 g/mol. The highest BCUT2D eigenvalue weighted by molar-refractivity contribution is 7.92. The number of hydrogen-bond acceptors (Lipinski definition) is 3. The molecule has 0 saturated heterocycles. The van der Waals surface area contributed by atoms with Crippen LogP contribution in [0.25, 0.3) is 0 Å². The van der Waals surface area contributed by atoms with E-state index < -0.39 is 10.0 Å². The molecule has 1 heterocycles. The highest BCUT2D eigenvalue weighted by atomic mass is 32.2. The average molecular weight is 304 g/mol. The monoisotopic (exact) mass is 304 g/mol. The van der Waals surface area contributed by atoms with E-state index in [1.165, 1.54) is 0 Å². The maximum absolute atomic E-state index is 12.3. The Balaban J connectivity index is 2.26. The van der Waals surface area contributed by atoms with E-state index in [0.29, 0.717) is 5.69 Å². The number of nitrogens with zero attached hydrogens (tertiary/aromatic N) is 1. The van der Waals surface area contributed by atoms with Gasteiger partial charge in [0.25, 0.3) is 10.0 Å². The molecule has 0 aliphatic heterocycles. The van der Waals surface area contributed by atoms with Crippen LogP contribution in [0.15, 0.2) is 53.7 Å². The zero-order chi connectivity index (χ0) is 15.5. The van der Waals surface area contributed by atoms with Gasteiger partial charge in [0.05, 0.1) is 10.6 Å². The molecule has 1 aromatic carbocycles. The second-order valence-electron chi connectivity index (χ2n) is 5.60. The number of anilines is 1. The lowest BCUT2D eigenvalue weighted by Crippen LogP contribution is -2.16. The van der Waals surface area contributed by atoms with Crippen LogP contribution in [0.3, 0.4) is 0 Å². The molecule has 21 heavy (non-hydrogen) atoms. The Morgan fingerprint density at radius 2 is 1.62 bits per heavy atom. The molecule has 0 bridgehead atoms. The summed E-state index contributed by atoms with van der Waals surface area (Å²) in [5.41, 5.74) is 1.68. The highest BCUT2D eigenvalue weighted by Gasteiger charge is 2.20. The third kappa shape index (κ3) is 3.61. The lowest BCUT2D eigenvalue weighted by Gasteiger charge is -2.23. The fourth-order valence-electron chi connectivity index (χ4n) is 1.92. The van der Waals surface area contributed by atoms with Crippen LogP contribution in [0, 0.1) is 0 Å². The Hall–Kier alpha value is -1.88. The van der Waals surface area contributed by atoms with E-state index in [1.54, 1.807) is 36.7 Å². The summed E-state index contributed by atoms with van der Waals surface area (Å²) in [4.78, 5) is 4.12. The number of rotatable bonds is 5. The van der Waals surface area contributed by atoms with Gasteiger partial charge >= 0.3 is 0 Å². The van der Waals surface area contributed by atoms with Crippen molar-refractivity contribution >= 4 is 15.7 Å². The normalized spacial score (nSPS) is 12.1. The first-order chi connectivity index (χ1) is 9.85. The molecule has 0 atom stereocenters. The van der Waals surface area contributed by atoms with Crippen LogP contribution >= 0.6 is 0 Å². The van der Waals surface area contributed by atoms with Crippen LogP contribution < -0.4 is 4.72 Å². The van der Waals surface area contributed by atoms with Gasteiger partial charge in [-0.25, -0.2) is 8.42 Å². The highest BCUT2D eigenvalue weighted by Crippen LogP contribution is 2.27. The molecule has 0 fully saturated rings. The Kier molecular flexibility index (Phi) is 4.32. The molecule has 0 amide bonds. The molecule has 0 unspecified atom stereocenters. The lowest BCUT2D eigenvalue weighted by molar-refractivity contribution is 0.506. The fourth-order valence-corrected chi connectivity index (χ4v) is 2.98. The fraction of sp³-hybridized carbons (Fsp3) is 0.312. The van der Waals surface area contributed by atoms with Crippen molar-refractivity contribution in [1.29, 1.82) is 0 Å². The molecule has 0 aliphatic carbocycles. The molecule has 4 nitrogen and oxygen atoms in total. The van der Waals surface area contributed by atoms with Gasteiger partial charge < -0.3 is 0 Å². The lowest BCUT2D eigenvalue weighted by atomic mass is 9.82. The Bertz CT molecular complexity index is 693. The quantitative estimate of drug-likeness (QED) is 0.918. The van der Waals surface area contributed by atoms with Gasteiger partial charge in [0.1, 0.15) is 0 Å². The van der Waals surface area contributed by atoms with Crippen molar-refractivity contribution in [3.63, 3.8) is 0 Å². The number of hydrogen-bond donors (Lipinski definition) is 1. The second kappa shape index (κ2) is 5.85. The topological polar surface area (TPSA) is 59.1 Å². The van der Waals surface area contributed by atoms with Crippen molar-refractivity contribution in [3.05, 3.63) is 54.4 Å². The van der Waals surface area contributed by atoms with Gasteiger partial charge in [0, 0.05) is 12.4 Å². The third-order valence-corrected chi connectivity index (χ3v) is 5.16. The molecule has 2 aromatic rings. The van der Waals surface area contributed by atoms with E-state index in [0.717, 1.165) is 12.0 Å². The number of benzene rings is 1. The van der Waals surface area contributed by atoms with Crippen molar-refractivity contribution in [2.45, 2.75) is 37.5 Å². The summed E-state index contributed by atoms with van der Waals surface area (Å²) < 4.78 is 27.1. The van der Waals surface area contributed by atoms with E-state index in [-0.39, 0.29) is 10.3 Å². The van der Waals surface area contributed by atoms with Crippen LogP contribution in [-0.4, -0.2) is 13.4 Å². The molecule has 1 aromatic heterocycles. The summed E-state index contributed by atoms with van der Waals surface area (Å²) in [6.07, 6.45) is 4.09. The Morgan fingerprint density at radius 3 is 2.14 bits per heavy atom. The molecule has 112 valence electrons. The molecule has 0 aliphatic rings. The molecule has 0 spiro atoms. The van der Waals surface area contributed by atoms with Gasteiger partial charge in [0.15, 0.2) is 0 Å². The standard InChI is InChI=1S/C16H20N2O2S/c1-4-16(2,3)13-5-7-15(8-6-13)21(19,20)18-14-9-11-17-12-10-14/h5-12H,4H2,1-3H3,(H,17,18). The van der Waals surface area contributed by atoms with Crippen LogP contribution in [0.1, 0.15) is 32.8 Å². The van der Waals surface area contributed by atoms with Crippen molar-refractivity contribution < 1.29 is 8.42 Å². The van der Waals surface area contributed by atoms with Gasteiger partial charge in [-0.2, -0.15) is 0 Å². The van der Waals surface area contributed by atoms with Crippen molar-refractivity contribution in [2.24, 2.45) is 0 Å². The summed E-state index contributed by atoms with van der Waals surface area (Å²) in [7, 11) is -3.56. The first-order valence-electron chi connectivity index (χ1n) is 6.88. The van der Waals surface area contributed by atoms with Crippen LogP contribution in [0.4, 0.5) is 5.69 Å². The molecule has 0 saturated carbocycles. The van der Waals surface area contributed by atoms with Crippen molar-refractivity contribution in [2.75, 3.05) is 4.72 Å². The Morgan fingerprint density at radius 1 is 1.05 bits per heavy atom. The zero-order valence-corrected chi connectivity index (χ0v) is 13.3. The van der Waals surface area contributed by atoms with E-state index in [2.05, 4.69) is 30.5 Å². The molecule has 5 heteroatoms. The van der Waals surface area contributed by atoms with Crippen molar-refractivity contribution in [3.8, 4) is 0 Å². The summed E-state index contributed by atoms with van der Waals surface area (Å²) in [5, 5.41) is 0. The van der Waals surface area contributed by atoms with Crippen LogP contribution in [0.2, 0.25) is 0 Å². The predicted octanol–water partition coefficient (Wildman–Crippen LogP) is 3.57. The van der Waals surface area contributed by atoms with E-state index in [1.807, 2.05) is 12.1 Å². The third-order valence-electron chi connectivity index (χ3n) is 3.76. The minimum absolute atomic E-state index is 0.0425. The van der Waals surface area contributed by atoms with E-state index >= 15 is 0 Å². The SMILES string of the molecule is CCC(C)(C)c1ccc(S(=O)(=O)Nc2ccncc2)cc1. The summed E-state index contributed by atoms with van der Waals surface area (Å²) >= 11 is 0. The van der Waals surface area contributed by atoms with E-state index in [4.69, 9.17) is 0 Å². The van der Waals surface area contributed by atoms with Crippen LogP contribution in [-0.2, 0) is 15.4 Å². The van der Waals surface area contributed by atoms with Crippen molar-refractivity contribution in [1.82, 2.24) is 4.98 Å². The second-order valence-corrected chi connectivity index (χ2v) is 7.29. The van der Waals surface area contributed by atoms with Crippen LogP contribution in [0.5, 0.6) is 0 Å². The van der Waals surface area contributed by atoms with Gasteiger partial charge in [-0.1, -0.05) is 32.9 Å². The maximum atomic E-state index is 12.3. The summed E-state index contributed by atoms with van der Waals surface area (Å²) in [6, 6.07) is 10.3. The zero-order valence-electron chi connectivity index (χ0n) is 12.5. The number of nitrogens with one attached hydrogen (secondary N) is 1. The molecule has 2 rings (SSSR count). The van der Waals surface area contributed by atoms with E-state index in [9.17, 15) is 8.42 Å². The minimum Gasteiger partial charge on any atom is -0.280 e. The summed E-state index contributed by atoms with van der Waals surface area (Å²) in [5.74, 6) is 0.